The highest BCUT2D eigenvalue weighted by Gasteiger charge is 2.10. The number of rotatable bonds is 5. The average Bonchev–Trinajstić information content (AvgIpc) is 2.86. The normalized spacial score (nSPS) is 11.6. The van der Waals surface area contributed by atoms with Crippen molar-refractivity contribution in [3.05, 3.63) is 42.6 Å². The zero-order valence-electron chi connectivity index (χ0n) is 10.3. The summed E-state index contributed by atoms with van der Waals surface area (Å²) in [6, 6.07) is 11.7. The number of aryl methyl sites for hydroxylation is 1. The van der Waals surface area contributed by atoms with Crippen LogP contribution in [0.25, 0.3) is 11.3 Å². The molecule has 0 aliphatic carbocycles. The van der Waals surface area contributed by atoms with Gasteiger partial charge in [0.2, 0.25) is 0 Å². The van der Waals surface area contributed by atoms with E-state index in [4.69, 9.17) is 0 Å². The summed E-state index contributed by atoms with van der Waals surface area (Å²) in [6.45, 7) is 2.06. The Kier molecular flexibility index (Phi) is 3.81. The van der Waals surface area contributed by atoms with Crippen LogP contribution < -0.4 is 0 Å². The molecule has 18 heavy (non-hydrogen) atoms. The zero-order chi connectivity index (χ0) is 13.0. The molecule has 0 radical (unpaired) electrons. The average molecular weight is 264 g/mol. The van der Waals surface area contributed by atoms with Crippen molar-refractivity contribution >= 4 is 9.84 Å². The maximum Gasteiger partial charge on any atom is 0.151 e. The van der Waals surface area contributed by atoms with Crippen LogP contribution in [0.3, 0.4) is 0 Å². The van der Waals surface area contributed by atoms with Gasteiger partial charge in [-0.15, -0.1) is 0 Å². The second-order valence-corrected chi connectivity index (χ2v) is 6.51. The second-order valence-electron chi connectivity index (χ2n) is 4.04. The molecule has 0 amide bonds. The fraction of sp³-hybridized carbons (Fsp3) is 0.308. The molecule has 1 aromatic carbocycles. The number of hydrogen-bond acceptors (Lipinski definition) is 3. The van der Waals surface area contributed by atoms with Crippen molar-refractivity contribution in [3.63, 3.8) is 0 Å². The smallest absolute Gasteiger partial charge is 0.151 e. The minimum absolute atomic E-state index is 0.130. The summed E-state index contributed by atoms with van der Waals surface area (Å²) in [7, 11) is -2.96. The molecule has 1 aromatic heterocycles. The van der Waals surface area contributed by atoms with Gasteiger partial charge >= 0.3 is 0 Å². The van der Waals surface area contributed by atoms with E-state index in [0.717, 1.165) is 11.3 Å². The van der Waals surface area contributed by atoms with Crippen molar-refractivity contribution in [2.45, 2.75) is 13.5 Å². The van der Waals surface area contributed by atoms with Gasteiger partial charge in [-0.25, -0.2) is 8.42 Å². The second kappa shape index (κ2) is 5.35. The lowest BCUT2D eigenvalue weighted by molar-refractivity contribution is 0.583. The Bertz CT molecular complexity index is 603. The fourth-order valence-corrected chi connectivity index (χ4v) is 2.47. The first-order chi connectivity index (χ1) is 8.62. The summed E-state index contributed by atoms with van der Waals surface area (Å²) < 4.78 is 24.7. The molecular formula is C13H16N2O2S. The molecule has 2 rings (SSSR count). The van der Waals surface area contributed by atoms with Gasteiger partial charge in [0.05, 0.1) is 18.0 Å². The molecule has 0 unspecified atom stereocenters. The number of nitrogens with zero attached hydrogens (tertiary/aromatic N) is 2. The summed E-state index contributed by atoms with van der Waals surface area (Å²) in [5.74, 6) is 0.306. The molecule has 0 aliphatic heterocycles. The predicted octanol–water partition coefficient (Wildman–Crippen LogP) is 1.98. The maximum absolute atomic E-state index is 11.5. The number of sulfone groups is 1. The highest BCUT2D eigenvalue weighted by Crippen LogP contribution is 2.18. The van der Waals surface area contributed by atoms with Crippen LogP contribution in [-0.4, -0.2) is 29.7 Å². The predicted molar refractivity (Wildman–Crippen MR) is 72.0 cm³/mol. The number of hydrogen-bond donors (Lipinski definition) is 0. The topological polar surface area (TPSA) is 52.0 Å². The Morgan fingerprint density at radius 2 is 1.89 bits per heavy atom. The largest absolute Gasteiger partial charge is 0.264 e. The van der Waals surface area contributed by atoms with Crippen molar-refractivity contribution in [2.24, 2.45) is 0 Å². The van der Waals surface area contributed by atoms with E-state index in [9.17, 15) is 8.42 Å². The van der Waals surface area contributed by atoms with Crippen LogP contribution in [-0.2, 0) is 16.4 Å². The standard InChI is InChI=1S/C13H16N2O2S/c1-2-18(16,17)11-10-15-13(8-9-14-15)12-6-4-3-5-7-12/h3-9H,2,10-11H2,1H3. The Balaban J connectivity index is 2.19. The van der Waals surface area contributed by atoms with E-state index in [2.05, 4.69) is 5.10 Å². The zero-order valence-corrected chi connectivity index (χ0v) is 11.1. The molecular weight excluding hydrogens is 248 g/mol. The van der Waals surface area contributed by atoms with Crippen molar-refractivity contribution in [2.75, 3.05) is 11.5 Å². The van der Waals surface area contributed by atoms with Gasteiger partial charge < -0.3 is 0 Å². The molecule has 5 heteroatoms. The molecule has 0 N–H and O–H groups in total. The van der Waals surface area contributed by atoms with Crippen LogP contribution in [0.15, 0.2) is 42.6 Å². The van der Waals surface area contributed by atoms with Crippen LogP contribution in [0.2, 0.25) is 0 Å². The van der Waals surface area contributed by atoms with Gasteiger partial charge in [-0.1, -0.05) is 37.3 Å². The highest BCUT2D eigenvalue weighted by atomic mass is 32.2. The lowest BCUT2D eigenvalue weighted by atomic mass is 10.1. The molecule has 2 aromatic rings. The van der Waals surface area contributed by atoms with E-state index in [1.807, 2.05) is 36.4 Å². The van der Waals surface area contributed by atoms with Gasteiger partial charge in [0, 0.05) is 11.9 Å². The first kappa shape index (κ1) is 12.8. The summed E-state index contributed by atoms with van der Waals surface area (Å²) in [6.07, 6.45) is 1.70. The monoisotopic (exact) mass is 264 g/mol. The minimum atomic E-state index is -2.96. The van der Waals surface area contributed by atoms with Crippen molar-refractivity contribution in [1.29, 1.82) is 0 Å². The lowest BCUT2D eigenvalue weighted by Crippen LogP contribution is -2.15. The third-order valence-electron chi connectivity index (χ3n) is 2.84. The number of aromatic nitrogens is 2. The summed E-state index contributed by atoms with van der Waals surface area (Å²) in [5, 5.41) is 4.18. The molecule has 96 valence electrons. The molecule has 0 saturated carbocycles. The van der Waals surface area contributed by atoms with Crippen LogP contribution in [0.5, 0.6) is 0 Å². The molecule has 0 bridgehead atoms. The molecule has 0 aliphatic rings. The van der Waals surface area contributed by atoms with Crippen molar-refractivity contribution < 1.29 is 8.42 Å². The Labute approximate surface area is 107 Å². The Morgan fingerprint density at radius 3 is 2.56 bits per heavy atom. The summed E-state index contributed by atoms with van der Waals surface area (Å²) in [5.41, 5.74) is 1.99. The van der Waals surface area contributed by atoms with Crippen LogP contribution in [0.4, 0.5) is 0 Å². The fourth-order valence-electron chi connectivity index (χ4n) is 1.73. The van der Waals surface area contributed by atoms with E-state index in [1.54, 1.807) is 17.8 Å². The van der Waals surface area contributed by atoms with Gasteiger partial charge in [0.1, 0.15) is 0 Å². The maximum atomic E-state index is 11.5. The van der Waals surface area contributed by atoms with E-state index in [-0.39, 0.29) is 11.5 Å². The highest BCUT2D eigenvalue weighted by molar-refractivity contribution is 7.91. The quantitative estimate of drug-likeness (QED) is 0.829. The van der Waals surface area contributed by atoms with Crippen LogP contribution >= 0.6 is 0 Å². The molecule has 0 atom stereocenters. The van der Waals surface area contributed by atoms with Gasteiger partial charge in [0.25, 0.3) is 0 Å². The van der Waals surface area contributed by atoms with Gasteiger partial charge in [-0.3, -0.25) is 4.68 Å². The molecule has 0 fully saturated rings. The first-order valence-corrected chi connectivity index (χ1v) is 7.72. The third kappa shape index (κ3) is 2.98. The van der Waals surface area contributed by atoms with E-state index < -0.39 is 9.84 Å². The van der Waals surface area contributed by atoms with E-state index in [1.165, 1.54) is 0 Å². The SMILES string of the molecule is CCS(=O)(=O)CCn1nccc1-c1ccccc1. The number of benzene rings is 1. The minimum Gasteiger partial charge on any atom is -0.264 e. The van der Waals surface area contributed by atoms with Crippen LogP contribution in [0.1, 0.15) is 6.92 Å². The molecule has 0 spiro atoms. The van der Waals surface area contributed by atoms with Gasteiger partial charge in [-0.05, 0) is 11.6 Å². The van der Waals surface area contributed by atoms with E-state index in [0.29, 0.717) is 6.54 Å². The third-order valence-corrected chi connectivity index (χ3v) is 4.52. The molecule has 4 nitrogen and oxygen atoms in total. The summed E-state index contributed by atoms with van der Waals surface area (Å²) >= 11 is 0. The lowest BCUT2D eigenvalue weighted by Gasteiger charge is -2.07. The van der Waals surface area contributed by atoms with Crippen LogP contribution in [0, 0.1) is 0 Å². The van der Waals surface area contributed by atoms with Crippen molar-refractivity contribution in [1.82, 2.24) is 9.78 Å². The summed E-state index contributed by atoms with van der Waals surface area (Å²) in [4.78, 5) is 0. The molecule has 1 heterocycles. The van der Waals surface area contributed by atoms with Crippen molar-refractivity contribution in [3.8, 4) is 11.3 Å². The first-order valence-electron chi connectivity index (χ1n) is 5.90. The van der Waals surface area contributed by atoms with E-state index >= 15 is 0 Å². The van der Waals surface area contributed by atoms with Gasteiger partial charge in [-0.2, -0.15) is 5.10 Å². The Hall–Kier alpha value is -1.62. The van der Waals surface area contributed by atoms with Gasteiger partial charge in [0.15, 0.2) is 9.84 Å². The molecule has 0 saturated heterocycles. The Morgan fingerprint density at radius 1 is 1.17 bits per heavy atom.